The van der Waals surface area contributed by atoms with Crippen molar-refractivity contribution in [2.24, 2.45) is 4.99 Å². The molecule has 150 valence electrons. The molecule has 0 spiro atoms. The average Bonchev–Trinajstić information content (AvgIpc) is 2.51. The second-order valence-electron chi connectivity index (χ2n) is 7.54. The third-order valence-electron chi connectivity index (χ3n) is 4.20. The summed E-state index contributed by atoms with van der Waals surface area (Å²) >= 11 is 0. The van der Waals surface area contributed by atoms with Gasteiger partial charge in [-0.15, -0.1) is 0 Å². The number of benzene rings is 1. The lowest BCUT2D eigenvalue weighted by atomic mass is 9.78. The number of carbonyl (C=O) groups excluding carboxylic acids is 1. The summed E-state index contributed by atoms with van der Waals surface area (Å²) in [7, 11) is 0. The Hall–Kier alpha value is -2.69. The fraction of sp³-hybridized carbons (Fsp3) is 0.450. The molecule has 1 aliphatic heterocycles. The highest BCUT2D eigenvalue weighted by Gasteiger charge is 2.46. The lowest BCUT2D eigenvalue weighted by Crippen LogP contribution is -2.35. The third-order valence-corrected chi connectivity index (χ3v) is 4.20. The Morgan fingerprint density at radius 2 is 1.82 bits per heavy atom. The molecule has 0 N–H and O–H groups in total. The van der Waals surface area contributed by atoms with Gasteiger partial charge < -0.3 is 9.58 Å². The predicted octanol–water partition coefficient (Wildman–Crippen LogP) is 5.31. The number of alkyl halides is 3. The number of aliphatic imine (C=N–C) groups is 1. The van der Waals surface area contributed by atoms with Gasteiger partial charge in [0.2, 0.25) is 0 Å². The molecule has 2 rings (SSSR count). The van der Waals surface area contributed by atoms with Crippen molar-refractivity contribution in [1.82, 2.24) is 0 Å². The van der Waals surface area contributed by atoms with E-state index in [0.717, 1.165) is 12.1 Å². The van der Waals surface area contributed by atoms with Gasteiger partial charge in [-0.05, 0) is 52.3 Å². The van der Waals surface area contributed by atoms with Crippen molar-refractivity contribution in [3.05, 3.63) is 57.8 Å². The van der Waals surface area contributed by atoms with Crippen LogP contribution in [0.3, 0.4) is 0 Å². The Kier molecular flexibility index (Phi) is 5.69. The van der Waals surface area contributed by atoms with Gasteiger partial charge >= 0.3 is 12.1 Å². The molecule has 28 heavy (non-hydrogen) atoms. The zero-order valence-electron chi connectivity index (χ0n) is 16.1. The maximum Gasteiger partial charge on any atom is 0.416 e. The first-order chi connectivity index (χ1) is 12.8. The van der Waals surface area contributed by atoms with E-state index in [-0.39, 0.29) is 22.5 Å². The highest BCUT2D eigenvalue weighted by molar-refractivity contribution is 6.00. The number of hydrogen-bond acceptors (Lipinski definition) is 3. The zero-order valence-corrected chi connectivity index (χ0v) is 16.1. The van der Waals surface area contributed by atoms with Gasteiger partial charge in [0.15, 0.2) is 0 Å². The monoisotopic (exact) mass is 396 g/mol. The molecule has 0 bridgehead atoms. The van der Waals surface area contributed by atoms with Crippen molar-refractivity contribution < 1.29 is 27.1 Å². The Bertz CT molecular complexity index is 902. The number of hydrogen-bond donors (Lipinski definition) is 0. The second kappa shape index (κ2) is 7.38. The highest BCUT2D eigenvalue weighted by atomic mass is 19.4. The second-order valence-corrected chi connectivity index (χ2v) is 7.54. The van der Waals surface area contributed by atoms with Crippen LogP contribution >= 0.6 is 0 Å². The number of allylic oxidation sites excluding steroid dienone is 1. The fourth-order valence-electron chi connectivity index (χ4n) is 3.16. The summed E-state index contributed by atoms with van der Waals surface area (Å²) in [5.74, 6) is -3.18. The van der Waals surface area contributed by atoms with Crippen LogP contribution in [0, 0.1) is 12.4 Å². The molecular formula is C20H20F4N2O2. The van der Waals surface area contributed by atoms with Crippen LogP contribution in [0.15, 0.2) is 34.5 Å². The van der Waals surface area contributed by atoms with E-state index in [1.807, 2.05) is 0 Å². The van der Waals surface area contributed by atoms with Gasteiger partial charge in [0.25, 0.3) is 6.04 Å². The largest absolute Gasteiger partial charge is 0.457 e. The molecule has 2 unspecified atom stereocenters. The van der Waals surface area contributed by atoms with Crippen LogP contribution < -0.4 is 0 Å². The molecule has 0 aromatic heterocycles. The Balaban J connectivity index is 2.76. The van der Waals surface area contributed by atoms with Crippen LogP contribution in [0.25, 0.3) is 4.85 Å². The SMILES string of the molecule is [C-]#[N+]C1C(C)=NC(C)=C(C(=O)OC(C)(C)C)C1c1ccc(F)cc1C(F)(F)F. The van der Waals surface area contributed by atoms with Crippen LogP contribution in [0.5, 0.6) is 0 Å². The van der Waals surface area contributed by atoms with Gasteiger partial charge in [-0.25, -0.2) is 15.8 Å². The molecule has 8 heteroatoms. The minimum absolute atomic E-state index is 0.126. The minimum atomic E-state index is -4.86. The maximum atomic E-state index is 13.6. The quantitative estimate of drug-likeness (QED) is 0.386. The van der Waals surface area contributed by atoms with E-state index < -0.39 is 41.1 Å². The summed E-state index contributed by atoms with van der Waals surface area (Å²) < 4.78 is 59.7. The molecule has 1 aromatic rings. The molecule has 4 nitrogen and oxygen atoms in total. The van der Waals surface area contributed by atoms with E-state index in [9.17, 15) is 22.4 Å². The van der Waals surface area contributed by atoms with Crippen LogP contribution in [0.1, 0.15) is 51.7 Å². The predicted molar refractivity (Wildman–Crippen MR) is 96.2 cm³/mol. The van der Waals surface area contributed by atoms with Crippen molar-refractivity contribution in [3.8, 4) is 0 Å². The Morgan fingerprint density at radius 3 is 2.32 bits per heavy atom. The van der Waals surface area contributed by atoms with E-state index >= 15 is 0 Å². The van der Waals surface area contributed by atoms with Crippen LogP contribution in [-0.4, -0.2) is 23.3 Å². The number of halogens is 4. The normalized spacial score (nSPS) is 20.5. The molecule has 1 aromatic carbocycles. The Morgan fingerprint density at radius 1 is 1.21 bits per heavy atom. The molecule has 0 amide bonds. The number of carbonyl (C=O) groups is 1. The molecular weight excluding hydrogens is 376 g/mol. The summed E-state index contributed by atoms with van der Waals surface area (Å²) in [5, 5.41) is 0. The van der Waals surface area contributed by atoms with Crippen molar-refractivity contribution in [1.29, 1.82) is 0 Å². The van der Waals surface area contributed by atoms with Crippen molar-refractivity contribution in [2.45, 2.75) is 58.4 Å². The van der Waals surface area contributed by atoms with Gasteiger partial charge in [0, 0.05) is 5.70 Å². The molecule has 1 heterocycles. The molecule has 0 fully saturated rings. The summed E-state index contributed by atoms with van der Waals surface area (Å²) in [6.07, 6.45) is -4.86. The molecule has 0 saturated heterocycles. The van der Waals surface area contributed by atoms with Gasteiger partial charge in [-0.2, -0.15) is 13.2 Å². The molecule has 2 atom stereocenters. The van der Waals surface area contributed by atoms with Crippen molar-refractivity contribution in [3.63, 3.8) is 0 Å². The van der Waals surface area contributed by atoms with E-state index in [1.54, 1.807) is 20.8 Å². The number of nitrogens with zero attached hydrogens (tertiary/aromatic N) is 2. The van der Waals surface area contributed by atoms with Crippen LogP contribution in [0.2, 0.25) is 0 Å². The van der Waals surface area contributed by atoms with E-state index in [2.05, 4.69) is 9.84 Å². The van der Waals surface area contributed by atoms with Gasteiger partial charge in [-0.3, -0.25) is 4.99 Å². The molecule has 0 aliphatic carbocycles. The van der Waals surface area contributed by atoms with Crippen molar-refractivity contribution in [2.75, 3.05) is 0 Å². The molecule has 1 aliphatic rings. The average molecular weight is 396 g/mol. The van der Waals surface area contributed by atoms with E-state index in [1.165, 1.54) is 13.8 Å². The van der Waals surface area contributed by atoms with Gasteiger partial charge in [0.05, 0.1) is 22.8 Å². The summed E-state index contributed by atoms with van der Waals surface area (Å²) in [4.78, 5) is 20.4. The fourth-order valence-corrected chi connectivity index (χ4v) is 3.16. The summed E-state index contributed by atoms with van der Waals surface area (Å²) in [5.41, 5.74) is -2.15. The van der Waals surface area contributed by atoms with Crippen LogP contribution in [0.4, 0.5) is 17.6 Å². The number of ether oxygens (including phenoxy) is 1. The van der Waals surface area contributed by atoms with Gasteiger partial charge in [-0.1, -0.05) is 6.07 Å². The van der Waals surface area contributed by atoms with Gasteiger partial charge in [0.1, 0.15) is 11.4 Å². The molecule has 0 radical (unpaired) electrons. The van der Waals surface area contributed by atoms with Crippen molar-refractivity contribution >= 4 is 11.7 Å². The lowest BCUT2D eigenvalue weighted by Gasteiger charge is -2.30. The highest BCUT2D eigenvalue weighted by Crippen LogP contribution is 2.43. The number of esters is 1. The standard InChI is InChI=1S/C20H20F4N2O2/c1-10-15(18(27)28-19(3,4)5)16(17(25-6)11(2)26-10)13-8-7-12(21)9-14(13)20(22,23)24/h7-9,16-17H,1-5H3. The first-order valence-electron chi connectivity index (χ1n) is 8.48. The lowest BCUT2D eigenvalue weighted by molar-refractivity contribution is -0.150. The third kappa shape index (κ3) is 4.41. The topological polar surface area (TPSA) is 43.0 Å². The van der Waals surface area contributed by atoms with E-state index in [4.69, 9.17) is 11.3 Å². The Labute approximate surface area is 160 Å². The summed E-state index contributed by atoms with van der Waals surface area (Å²) in [6, 6.07) is 1.09. The summed E-state index contributed by atoms with van der Waals surface area (Å²) in [6.45, 7) is 15.3. The van der Waals surface area contributed by atoms with Crippen LogP contribution in [-0.2, 0) is 15.7 Å². The first kappa shape index (κ1) is 21.6. The molecule has 0 saturated carbocycles. The minimum Gasteiger partial charge on any atom is -0.457 e. The van der Waals surface area contributed by atoms with E-state index in [0.29, 0.717) is 6.07 Å². The number of rotatable bonds is 2. The first-order valence-corrected chi connectivity index (χ1v) is 8.48. The maximum absolute atomic E-state index is 13.6. The zero-order chi connectivity index (χ0) is 21.4. The smallest absolute Gasteiger partial charge is 0.416 e.